The lowest BCUT2D eigenvalue weighted by Gasteiger charge is -2.21. The largest absolute Gasteiger partial charge is 0.348 e. The lowest BCUT2D eigenvalue weighted by molar-refractivity contribution is 0.112. The highest BCUT2D eigenvalue weighted by atomic mass is 32.1. The summed E-state index contributed by atoms with van der Waals surface area (Å²) in [4.78, 5) is 18.4. The molecule has 0 N–H and O–H groups in total. The van der Waals surface area contributed by atoms with Gasteiger partial charge in [-0.25, -0.2) is 4.98 Å². The van der Waals surface area contributed by atoms with Crippen LogP contribution in [0.4, 0.5) is 5.13 Å². The number of aldehydes is 1. The van der Waals surface area contributed by atoms with Crippen molar-refractivity contribution < 1.29 is 4.79 Å². The van der Waals surface area contributed by atoms with Gasteiger partial charge in [-0.15, -0.1) is 0 Å². The number of carbonyl (C=O) groups excluding carboxylic acids is 1. The molecule has 3 nitrogen and oxygen atoms in total. The maximum absolute atomic E-state index is 10.9. The topological polar surface area (TPSA) is 33.2 Å². The van der Waals surface area contributed by atoms with Crippen LogP contribution in [-0.4, -0.2) is 24.4 Å². The first-order valence-electron chi connectivity index (χ1n) is 5.82. The second-order valence-corrected chi connectivity index (χ2v) is 5.22. The molecule has 4 heteroatoms. The first-order valence-corrected chi connectivity index (χ1v) is 6.63. The molecular weight excluding hydrogens is 220 g/mol. The summed E-state index contributed by atoms with van der Waals surface area (Å²) < 4.78 is 0. The van der Waals surface area contributed by atoms with Gasteiger partial charge in [0.2, 0.25) is 0 Å². The van der Waals surface area contributed by atoms with Crippen LogP contribution < -0.4 is 4.90 Å². The number of aryl methyl sites for hydroxylation is 1. The molecule has 1 heterocycles. The van der Waals surface area contributed by atoms with Crippen LogP contribution in [-0.2, 0) is 6.42 Å². The number of carbonyl (C=O) groups is 1. The third-order valence-electron chi connectivity index (χ3n) is 2.40. The molecule has 90 valence electrons. The van der Waals surface area contributed by atoms with Gasteiger partial charge in [0.15, 0.2) is 11.4 Å². The zero-order valence-electron chi connectivity index (χ0n) is 10.5. The van der Waals surface area contributed by atoms with E-state index in [1.54, 1.807) is 0 Å². The highest BCUT2D eigenvalue weighted by molar-refractivity contribution is 7.17. The van der Waals surface area contributed by atoms with Crippen molar-refractivity contribution in [3.8, 4) is 0 Å². The van der Waals surface area contributed by atoms with Crippen LogP contribution in [0.5, 0.6) is 0 Å². The van der Waals surface area contributed by atoms with Gasteiger partial charge in [-0.1, -0.05) is 32.1 Å². The summed E-state index contributed by atoms with van der Waals surface area (Å²) in [6.07, 6.45) is 1.74. The second kappa shape index (κ2) is 5.99. The SMILES string of the molecule is CCc1nc(N(CC)CC(C)C)sc1C=O. The maximum atomic E-state index is 10.9. The fourth-order valence-electron chi connectivity index (χ4n) is 1.61. The Kier molecular flexibility index (Phi) is 4.93. The summed E-state index contributed by atoms with van der Waals surface area (Å²) in [6.45, 7) is 10.5. The Balaban J connectivity index is 2.92. The molecule has 1 aromatic heterocycles. The average molecular weight is 240 g/mol. The summed E-state index contributed by atoms with van der Waals surface area (Å²) in [6, 6.07) is 0. The summed E-state index contributed by atoms with van der Waals surface area (Å²) in [5.74, 6) is 0.605. The van der Waals surface area contributed by atoms with Crippen LogP contribution in [0.2, 0.25) is 0 Å². The molecule has 0 fully saturated rings. The molecule has 0 saturated heterocycles. The Morgan fingerprint density at radius 1 is 1.44 bits per heavy atom. The summed E-state index contributed by atoms with van der Waals surface area (Å²) >= 11 is 1.51. The molecule has 1 rings (SSSR count). The number of thiazole rings is 1. The van der Waals surface area contributed by atoms with Crippen molar-refractivity contribution in [1.29, 1.82) is 0 Å². The Morgan fingerprint density at radius 3 is 2.50 bits per heavy atom. The Hall–Kier alpha value is -0.900. The molecule has 0 spiro atoms. The van der Waals surface area contributed by atoms with E-state index in [2.05, 4.69) is 30.7 Å². The van der Waals surface area contributed by atoms with E-state index >= 15 is 0 Å². The van der Waals surface area contributed by atoms with E-state index in [0.29, 0.717) is 5.92 Å². The Labute approximate surface area is 101 Å². The molecule has 16 heavy (non-hydrogen) atoms. The zero-order chi connectivity index (χ0) is 12.1. The lowest BCUT2D eigenvalue weighted by Crippen LogP contribution is -2.27. The molecule has 0 bridgehead atoms. The van der Waals surface area contributed by atoms with Gasteiger partial charge in [-0.2, -0.15) is 0 Å². The molecule has 0 aliphatic heterocycles. The summed E-state index contributed by atoms with van der Waals surface area (Å²) in [7, 11) is 0. The highest BCUT2D eigenvalue weighted by Crippen LogP contribution is 2.26. The van der Waals surface area contributed by atoms with Crippen LogP contribution in [0, 0.1) is 5.92 Å². The molecular formula is C12H20N2OS. The summed E-state index contributed by atoms with van der Waals surface area (Å²) in [5.41, 5.74) is 0.928. The number of aromatic nitrogens is 1. The Bertz CT molecular complexity index is 347. The van der Waals surface area contributed by atoms with Crippen molar-refractivity contribution in [2.24, 2.45) is 5.92 Å². The fraction of sp³-hybridized carbons (Fsp3) is 0.667. The number of hydrogen-bond donors (Lipinski definition) is 0. The van der Waals surface area contributed by atoms with Gasteiger partial charge in [0.25, 0.3) is 0 Å². The third-order valence-corrected chi connectivity index (χ3v) is 3.48. The van der Waals surface area contributed by atoms with E-state index in [9.17, 15) is 4.79 Å². The van der Waals surface area contributed by atoms with Crippen molar-refractivity contribution in [2.45, 2.75) is 34.1 Å². The monoisotopic (exact) mass is 240 g/mol. The molecule has 0 saturated carbocycles. The van der Waals surface area contributed by atoms with E-state index in [4.69, 9.17) is 0 Å². The fourth-order valence-corrected chi connectivity index (χ4v) is 2.66. The zero-order valence-corrected chi connectivity index (χ0v) is 11.3. The highest BCUT2D eigenvalue weighted by Gasteiger charge is 2.14. The van der Waals surface area contributed by atoms with Crippen molar-refractivity contribution in [2.75, 3.05) is 18.0 Å². The number of nitrogens with zero attached hydrogens (tertiary/aromatic N) is 2. The van der Waals surface area contributed by atoms with Gasteiger partial charge < -0.3 is 4.90 Å². The lowest BCUT2D eigenvalue weighted by atomic mass is 10.2. The van der Waals surface area contributed by atoms with Gasteiger partial charge in [0, 0.05) is 13.1 Å². The first kappa shape index (κ1) is 13.2. The Morgan fingerprint density at radius 2 is 2.12 bits per heavy atom. The molecule has 0 unspecified atom stereocenters. The molecule has 0 aliphatic carbocycles. The first-order chi connectivity index (χ1) is 7.62. The van der Waals surface area contributed by atoms with Crippen molar-refractivity contribution in [3.05, 3.63) is 10.6 Å². The smallest absolute Gasteiger partial charge is 0.186 e. The number of anilines is 1. The van der Waals surface area contributed by atoms with Crippen LogP contribution in [0.25, 0.3) is 0 Å². The van der Waals surface area contributed by atoms with Crippen molar-refractivity contribution >= 4 is 22.8 Å². The van der Waals surface area contributed by atoms with Crippen LogP contribution in [0.3, 0.4) is 0 Å². The van der Waals surface area contributed by atoms with E-state index in [1.165, 1.54) is 11.3 Å². The minimum absolute atomic E-state index is 0.605. The minimum Gasteiger partial charge on any atom is -0.348 e. The minimum atomic E-state index is 0.605. The maximum Gasteiger partial charge on any atom is 0.186 e. The molecule has 0 amide bonds. The van der Waals surface area contributed by atoms with Crippen LogP contribution >= 0.6 is 11.3 Å². The normalized spacial score (nSPS) is 10.8. The molecule has 0 aliphatic rings. The van der Waals surface area contributed by atoms with Gasteiger partial charge in [-0.3, -0.25) is 4.79 Å². The van der Waals surface area contributed by atoms with E-state index in [-0.39, 0.29) is 0 Å². The van der Waals surface area contributed by atoms with E-state index in [0.717, 1.165) is 41.5 Å². The van der Waals surface area contributed by atoms with Gasteiger partial charge in [0.05, 0.1) is 10.6 Å². The van der Waals surface area contributed by atoms with Crippen molar-refractivity contribution in [3.63, 3.8) is 0 Å². The van der Waals surface area contributed by atoms with Gasteiger partial charge in [-0.05, 0) is 19.3 Å². The van der Waals surface area contributed by atoms with Gasteiger partial charge >= 0.3 is 0 Å². The number of rotatable bonds is 6. The third kappa shape index (κ3) is 3.04. The quantitative estimate of drug-likeness (QED) is 0.717. The van der Waals surface area contributed by atoms with Crippen LogP contribution in [0.1, 0.15) is 43.1 Å². The van der Waals surface area contributed by atoms with Gasteiger partial charge in [0.1, 0.15) is 0 Å². The second-order valence-electron chi connectivity index (χ2n) is 4.21. The molecule has 0 aromatic carbocycles. The molecule has 1 aromatic rings. The van der Waals surface area contributed by atoms with Crippen LogP contribution in [0.15, 0.2) is 0 Å². The molecule has 0 atom stereocenters. The number of hydrogen-bond acceptors (Lipinski definition) is 4. The standard InChI is InChI=1S/C12H20N2OS/c1-5-10-11(8-15)16-12(13-10)14(6-2)7-9(3)4/h8-9H,5-7H2,1-4H3. The van der Waals surface area contributed by atoms with Crippen molar-refractivity contribution in [1.82, 2.24) is 4.98 Å². The predicted octanol–water partition coefficient (Wildman–Crippen LogP) is 3.00. The summed E-state index contributed by atoms with van der Waals surface area (Å²) in [5, 5.41) is 0.982. The average Bonchev–Trinajstić information content (AvgIpc) is 2.68. The van der Waals surface area contributed by atoms with E-state index in [1.807, 2.05) is 6.92 Å². The molecule has 0 radical (unpaired) electrons. The van der Waals surface area contributed by atoms with E-state index < -0.39 is 0 Å². The predicted molar refractivity (Wildman–Crippen MR) is 69.6 cm³/mol.